The van der Waals surface area contributed by atoms with E-state index in [1.165, 1.54) is 29.2 Å². The molecule has 1 atom stereocenters. The number of rotatable bonds is 9. The first-order valence-corrected chi connectivity index (χ1v) is 10.8. The minimum absolute atomic E-state index is 0.151. The Morgan fingerprint density at radius 2 is 1.85 bits per heavy atom. The lowest BCUT2D eigenvalue weighted by Gasteiger charge is -2.27. The fourth-order valence-corrected chi connectivity index (χ4v) is 3.60. The quantitative estimate of drug-likeness (QED) is 0.628. The lowest BCUT2D eigenvalue weighted by atomic mass is 9.98. The van der Waals surface area contributed by atoms with Crippen LogP contribution in [0.5, 0.6) is 5.75 Å². The minimum Gasteiger partial charge on any atom is -0.497 e. The van der Waals surface area contributed by atoms with E-state index in [4.69, 9.17) is 9.47 Å². The molecule has 2 aromatic carbocycles. The van der Waals surface area contributed by atoms with Crippen LogP contribution in [-0.2, 0) is 9.53 Å². The molecule has 8 nitrogen and oxygen atoms in total. The van der Waals surface area contributed by atoms with Gasteiger partial charge >= 0.3 is 6.03 Å². The zero-order valence-corrected chi connectivity index (χ0v) is 19.1. The molecule has 0 spiro atoms. The predicted molar refractivity (Wildman–Crippen MR) is 123 cm³/mol. The van der Waals surface area contributed by atoms with E-state index in [0.717, 1.165) is 11.1 Å². The monoisotopic (exact) mass is 456 g/mol. The van der Waals surface area contributed by atoms with Crippen LogP contribution >= 0.6 is 0 Å². The number of benzene rings is 2. The van der Waals surface area contributed by atoms with Crippen molar-refractivity contribution < 1.29 is 23.5 Å². The lowest BCUT2D eigenvalue weighted by Crippen LogP contribution is -2.47. The first-order chi connectivity index (χ1) is 16.0. The van der Waals surface area contributed by atoms with Crippen LogP contribution < -0.4 is 10.1 Å². The SMILES string of the molecule is CCNC(=O)N(CCOC)CC(=O)N1N=C(c2ccc(F)cc2)CC1c1ccc(OC)cc1. The molecule has 0 saturated heterocycles. The number of carbonyl (C=O) groups is 2. The van der Waals surface area contributed by atoms with Gasteiger partial charge in [0.1, 0.15) is 18.1 Å². The molecule has 1 aliphatic heterocycles. The molecule has 0 aliphatic carbocycles. The maximum absolute atomic E-state index is 13.4. The van der Waals surface area contributed by atoms with Gasteiger partial charge in [-0.2, -0.15) is 5.10 Å². The molecule has 0 aromatic heterocycles. The van der Waals surface area contributed by atoms with Crippen LogP contribution in [0.1, 0.15) is 30.5 Å². The summed E-state index contributed by atoms with van der Waals surface area (Å²) in [6, 6.07) is 12.8. The van der Waals surface area contributed by atoms with Crippen molar-refractivity contribution in [3.8, 4) is 5.75 Å². The number of amides is 3. The minimum atomic E-state index is -0.359. The molecule has 33 heavy (non-hydrogen) atoms. The fourth-order valence-electron chi connectivity index (χ4n) is 3.60. The van der Waals surface area contributed by atoms with E-state index < -0.39 is 0 Å². The van der Waals surface area contributed by atoms with E-state index in [1.807, 2.05) is 31.2 Å². The van der Waals surface area contributed by atoms with Gasteiger partial charge in [-0.1, -0.05) is 24.3 Å². The average Bonchev–Trinajstić information content (AvgIpc) is 3.28. The van der Waals surface area contributed by atoms with Gasteiger partial charge in [-0.25, -0.2) is 14.2 Å². The van der Waals surface area contributed by atoms with Crippen LogP contribution in [0.25, 0.3) is 0 Å². The normalized spacial score (nSPS) is 15.2. The summed E-state index contributed by atoms with van der Waals surface area (Å²) in [5.41, 5.74) is 2.29. The summed E-state index contributed by atoms with van der Waals surface area (Å²) in [5, 5.41) is 8.72. The third kappa shape index (κ3) is 6.07. The van der Waals surface area contributed by atoms with Crippen LogP contribution in [-0.4, -0.2) is 68.0 Å². The Morgan fingerprint density at radius 1 is 1.15 bits per heavy atom. The number of hydrogen-bond acceptors (Lipinski definition) is 5. The molecule has 3 rings (SSSR count). The first kappa shape index (κ1) is 24.2. The summed E-state index contributed by atoms with van der Waals surface area (Å²) >= 11 is 0. The number of urea groups is 1. The van der Waals surface area contributed by atoms with Gasteiger partial charge < -0.3 is 19.7 Å². The molecule has 0 fully saturated rings. The van der Waals surface area contributed by atoms with Gasteiger partial charge in [0.2, 0.25) is 0 Å². The Kier molecular flexibility index (Phi) is 8.37. The molecule has 1 aliphatic rings. The summed E-state index contributed by atoms with van der Waals surface area (Å²) < 4.78 is 23.7. The third-order valence-electron chi connectivity index (χ3n) is 5.35. The smallest absolute Gasteiger partial charge is 0.317 e. The number of ether oxygens (including phenoxy) is 2. The van der Waals surface area contributed by atoms with Gasteiger partial charge in [0, 0.05) is 26.6 Å². The van der Waals surface area contributed by atoms with Gasteiger partial charge in [0.25, 0.3) is 5.91 Å². The van der Waals surface area contributed by atoms with E-state index in [1.54, 1.807) is 19.2 Å². The Balaban J connectivity index is 1.88. The number of hydrogen-bond donors (Lipinski definition) is 1. The number of nitrogens with one attached hydrogen (secondary N) is 1. The highest BCUT2D eigenvalue weighted by Gasteiger charge is 2.34. The third-order valence-corrected chi connectivity index (χ3v) is 5.35. The van der Waals surface area contributed by atoms with Crippen molar-refractivity contribution in [1.29, 1.82) is 0 Å². The Bertz CT molecular complexity index is 979. The highest BCUT2D eigenvalue weighted by molar-refractivity contribution is 6.03. The van der Waals surface area contributed by atoms with Crippen LogP contribution in [0.15, 0.2) is 53.6 Å². The summed E-state index contributed by atoms with van der Waals surface area (Å²) in [4.78, 5) is 27.2. The first-order valence-electron chi connectivity index (χ1n) is 10.8. The number of nitrogens with zero attached hydrogens (tertiary/aromatic N) is 3. The second-order valence-corrected chi connectivity index (χ2v) is 7.53. The standard InChI is InChI=1S/C24H29FN4O4/c1-4-26-24(31)28(13-14-32-2)16-23(30)29-22(18-7-11-20(33-3)12-8-18)15-21(27-29)17-5-9-19(25)10-6-17/h5-12,22H,4,13-16H2,1-3H3,(H,26,31). The molecule has 176 valence electrons. The Morgan fingerprint density at radius 3 is 2.45 bits per heavy atom. The summed E-state index contributed by atoms with van der Waals surface area (Å²) in [6.45, 7) is 2.68. The number of hydrazone groups is 1. The van der Waals surface area contributed by atoms with Crippen molar-refractivity contribution in [2.75, 3.05) is 40.5 Å². The maximum Gasteiger partial charge on any atom is 0.317 e. The van der Waals surface area contributed by atoms with Crippen LogP contribution in [0.3, 0.4) is 0 Å². The van der Waals surface area contributed by atoms with Gasteiger partial charge in [-0.3, -0.25) is 4.79 Å². The van der Waals surface area contributed by atoms with Gasteiger partial charge in [-0.05, 0) is 42.3 Å². The number of carbonyl (C=O) groups excluding carboxylic acids is 2. The largest absolute Gasteiger partial charge is 0.497 e. The van der Waals surface area contributed by atoms with E-state index in [0.29, 0.717) is 31.0 Å². The van der Waals surface area contributed by atoms with Gasteiger partial charge in [-0.15, -0.1) is 0 Å². The summed E-state index contributed by atoms with van der Waals surface area (Å²) in [6.07, 6.45) is 0.461. The number of halogens is 1. The van der Waals surface area contributed by atoms with Crippen LogP contribution in [0, 0.1) is 5.82 Å². The molecular weight excluding hydrogens is 427 g/mol. The number of methoxy groups -OCH3 is 2. The molecular formula is C24H29FN4O4. The Hall–Kier alpha value is -3.46. The van der Waals surface area contributed by atoms with Crippen molar-refractivity contribution in [3.05, 3.63) is 65.5 Å². The molecule has 9 heteroatoms. The van der Waals surface area contributed by atoms with E-state index in [-0.39, 0.29) is 36.9 Å². The zero-order valence-electron chi connectivity index (χ0n) is 19.1. The average molecular weight is 457 g/mol. The van der Waals surface area contributed by atoms with Crippen LogP contribution in [0.2, 0.25) is 0 Å². The van der Waals surface area contributed by atoms with E-state index >= 15 is 0 Å². The second-order valence-electron chi connectivity index (χ2n) is 7.53. The molecule has 2 aromatic rings. The Labute approximate surface area is 193 Å². The van der Waals surface area contributed by atoms with Crippen molar-refractivity contribution in [2.24, 2.45) is 5.10 Å². The zero-order chi connectivity index (χ0) is 23.8. The van der Waals surface area contributed by atoms with Gasteiger partial charge in [0.15, 0.2) is 0 Å². The van der Waals surface area contributed by atoms with Crippen molar-refractivity contribution >= 4 is 17.6 Å². The molecule has 0 bridgehead atoms. The molecule has 1 N–H and O–H groups in total. The molecule has 3 amide bonds. The second kappa shape index (κ2) is 11.4. The van der Waals surface area contributed by atoms with Crippen molar-refractivity contribution in [3.63, 3.8) is 0 Å². The van der Waals surface area contributed by atoms with Crippen LogP contribution in [0.4, 0.5) is 9.18 Å². The predicted octanol–water partition coefficient (Wildman–Crippen LogP) is 3.19. The lowest BCUT2D eigenvalue weighted by molar-refractivity contribution is -0.133. The van der Waals surface area contributed by atoms with E-state index in [9.17, 15) is 14.0 Å². The topological polar surface area (TPSA) is 83.5 Å². The molecule has 1 unspecified atom stereocenters. The van der Waals surface area contributed by atoms with Crippen molar-refractivity contribution in [1.82, 2.24) is 15.2 Å². The molecule has 1 heterocycles. The highest BCUT2D eigenvalue weighted by atomic mass is 19.1. The molecule has 0 saturated carbocycles. The van der Waals surface area contributed by atoms with Crippen molar-refractivity contribution in [2.45, 2.75) is 19.4 Å². The molecule has 0 radical (unpaired) electrons. The van der Waals surface area contributed by atoms with Gasteiger partial charge in [0.05, 0.1) is 25.5 Å². The van der Waals surface area contributed by atoms with E-state index in [2.05, 4.69) is 10.4 Å². The fraction of sp³-hybridized carbons (Fsp3) is 0.375. The summed E-state index contributed by atoms with van der Waals surface area (Å²) in [7, 11) is 3.13. The summed E-state index contributed by atoms with van der Waals surface area (Å²) in [5.74, 6) is 0.0410. The maximum atomic E-state index is 13.4. The highest BCUT2D eigenvalue weighted by Crippen LogP contribution is 2.33.